The molecule has 0 spiro atoms. The minimum atomic E-state index is -3.35. The number of carbonyl (C=O) groups excluding carboxylic acids is 1. The van der Waals surface area contributed by atoms with Crippen LogP contribution in [0.2, 0.25) is 5.02 Å². The van der Waals surface area contributed by atoms with E-state index < -0.39 is 85.8 Å². The van der Waals surface area contributed by atoms with Gasteiger partial charge in [0, 0.05) is 48.2 Å². The molecule has 0 radical (unpaired) electrons. The number of halogens is 11. The maximum absolute atomic E-state index is 14.9. The van der Waals surface area contributed by atoms with Crippen LogP contribution >= 0.6 is 23.4 Å². The third-order valence-corrected chi connectivity index (χ3v) is 16.3. The zero-order chi connectivity index (χ0) is 53.2. The number of ketones is 1. The topological polar surface area (TPSA) is 17.1 Å². The van der Waals surface area contributed by atoms with E-state index in [1.807, 2.05) is 36.4 Å². The van der Waals surface area contributed by atoms with Crippen LogP contribution in [-0.2, 0) is 10.9 Å². The summed E-state index contributed by atoms with van der Waals surface area (Å²) in [4.78, 5) is 17.7. The Morgan fingerprint density at radius 1 is 0.392 bits per heavy atom. The maximum Gasteiger partial charge on any atom is 0.193 e. The van der Waals surface area contributed by atoms with Crippen LogP contribution in [0.3, 0.4) is 0 Å². The first-order chi connectivity index (χ1) is 35.2. The Morgan fingerprint density at radius 3 is 1.00 bits per heavy atom. The average Bonchev–Trinajstić information content (AvgIpc) is 3.37. The first-order valence-electron chi connectivity index (χ1n) is 22.7. The molecular formula is C59H40BClF10OS2. The largest absolute Gasteiger partial charge is 0.289 e. The van der Waals surface area contributed by atoms with Gasteiger partial charge in [0.2, 0.25) is 0 Å². The summed E-state index contributed by atoms with van der Waals surface area (Å²) in [6.45, 7) is 4.57. The number of rotatable bonds is 11. The smallest absolute Gasteiger partial charge is 0.193 e. The Labute approximate surface area is 433 Å². The van der Waals surface area contributed by atoms with Crippen molar-refractivity contribution in [2.75, 3.05) is 0 Å². The fourth-order valence-corrected chi connectivity index (χ4v) is 11.7. The van der Waals surface area contributed by atoms with E-state index in [-0.39, 0.29) is 39.3 Å². The summed E-state index contributed by atoms with van der Waals surface area (Å²) in [6, 6.07) is 42.2. The summed E-state index contributed by atoms with van der Waals surface area (Å²) in [5.41, 5.74) is -1.76. The SMILES string of the molecule is Cc1c(F)cc([B-](c2cc(F)c(C)c(F)c2)(c2cc(F)c(C)c(F)c2)c2cc(F)c(C)c(F)c2)cc1F.O=C(c1ccc(Sc2ccc([S+](c3ccc(F)cc3)c3ccc(F)cc3)cc2)cc1)c1cccc(Cl)c1. The van der Waals surface area contributed by atoms with Crippen molar-refractivity contribution >= 4 is 68.0 Å². The molecular weight excluding hydrogens is 1030 g/mol. The number of benzene rings is 9. The van der Waals surface area contributed by atoms with E-state index in [1.165, 1.54) is 24.3 Å². The normalized spacial score (nSPS) is 11.4. The van der Waals surface area contributed by atoms with Gasteiger partial charge < -0.3 is 0 Å². The molecule has 0 aromatic heterocycles. The van der Waals surface area contributed by atoms with Gasteiger partial charge in [0.1, 0.15) is 64.3 Å². The van der Waals surface area contributed by atoms with Gasteiger partial charge in [-0.25, -0.2) is 43.9 Å². The lowest BCUT2D eigenvalue weighted by atomic mass is 9.13. The standard InChI is InChI=1S/C31H20ClF2OS2.C28H20BF8/c32-23-3-1-2-22(20-23)31(35)21-4-10-26(11-5-21)36-27-12-18-30(19-13-27)37(28-14-6-24(33)7-15-28)29-16-8-25(34)9-17-29;1-13-21(30)5-17(6-22(13)31)29(18-7-23(32)14(2)24(33)8-18,19-9-25(34)15(3)26(35)10-19)20-11-27(36)16(4)28(37)12-20/h1-20H;5-12H,1-4H3/q+1;-1. The van der Waals surface area contributed by atoms with Gasteiger partial charge in [0.15, 0.2) is 20.5 Å². The fourth-order valence-electron chi connectivity index (χ4n) is 8.61. The number of carbonyl (C=O) groups is 1. The summed E-state index contributed by atoms with van der Waals surface area (Å²) < 4.78 is 146. The van der Waals surface area contributed by atoms with Gasteiger partial charge in [0.05, 0.1) is 10.9 Å². The van der Waals surface area contributed by atoms with Crippen LogP contribution < -0.4 is 21.9 Å². The molecule has 0 fully saturated rings. The van der Waals surface area contributed by atoms with Crippen molar-refractivity contribution in [1.82, 2.24) is 0 Å². The number of hydrogen-bond donors (Lipinski definition) is 0. The molecule has 0 saturated heterocycles. The highest BCUT2D eigenvalue weighted by molar-refractivity contribution is 7.99. The van der Waals surface area contributed by atoms with Crippen molar-refractivity contribution in [3.63, 3.8) is 0 Å². The molecule has 9 aromatic carbocycles. The maximum atomic E-state index is 14.9. The van der Waals surface area contributed by atoms with E-state index in [0.29, 0.717) is 16.1 Å². The summed E-state index contributed by atoms with van der Waals surface area (Å²) in [7, 11) is -0.504. The minimum absolute atomic E-state index is 0.0722. The molecule has 1 nitrogen and oxygen atoms in total. The van der Waals surface area contributed by atoms with Gasteiger partial charge in [-0.2, -0.15) is 21.9 Å². The average molecular weight is 1070 g/mol. The second-order valence-corrected chi connectivity index (χ2v) is 21.1. The second-order valence-electron chi connectivity index (χ2n) is 17.5. The first kappa shape index (κ1) is 53.3. The zero-order valence-electron chi connectivity index (χ0n) is 39.6. The van der Waals surface area contributed by atoms with Crippen LogP contribution in [0.4, 0.5) is 43.9 Å². The Morgan fingerprint density at radius 2 is 0.689 bits per heavy atom. The van der Waals surface area contributed by atoms with Crippen molar-refractivity contribution in [3.05, 3.63) is 266 Å². The molecule has 0 unspecified atom stereocenters. The lowest BCUT2D eigenvalue weighted by Gasteiger charge is -2.44. The molecule has 374 valence electrons. The van der Waals surface area contributed by atoms with Gasteiger partial charge in [-0.05, 0) is 137 Å². The van der Waals surface area contributed by atoms with Crippen LogP contribution in [0.15, 0.2) is 194 Å². The highest BCUT2D eigenvalue weighted by atomic mass is 35.5. The second kappa shape index (κ2) is 22.2. The van der Waals surface area contributed by atoms with Crippen molar-refractivity contribution < 1.29 is 48.7 Å². The first-order valence-corrected chi connectivity index (χ1v) is 25.1. The predicted octanol–water partition coefficient (Wildman–Crippen LogP) is 14.5. The highest BCUT2D eigenvalue weighted by Crippen LogP contribution is 2.35. The summed E-state index contributed by atoms with van der Waals surface area (Å²) in [5.74, 6) is -9.25. The Kier molecular flexibility index (Phi) is 16.0. The Hall–Kier alpha value is -7.00. The summed E-state index contributed by atoms with van der Waals surface area (Å²) in [6.07, 6.45) is -3.35. The van der Waals surface area contributed by atoms with Crippen LogP contribution in [0.5, 0.6) is 0 Å². The molecule has 0 atom stereocenters. The Bertz CT molecular complexity index is 3190. The monoisotopic (exact) mass is 1060 g/mol. The molecule has 0 aliphatic heterocycles. The van der Waals surface area contributed by atoms with Crippen LogP contribution in [-0.4, -0.2) is 11.9 Å². The van der Waals surface area contributed by atoms with E-state index in [9.17, 15) is 48.7 Å². The molecule has 0 saturated carbocycles. The van der Waals surface area contributed by atoms with E-state index in [2.05, 4.69) is 12.1 Å². The van der Waals surface area contributed by atoms with Gasteiger partial charge in [0.25, 0.3) is 0 Å². The van der Waals surface area contributed by atoms with Crippen molar-refractivity contribution in [2.45, 2.75) is 52.2 Å². The molecule has 9 aromatic rings. The van der Waals surface area contributed by atoms with Crippen LogP contribution in [0.1, 0.15) is 38.2 Å². The van der Waals surface area contributed by atoms with Gasteiger partial charge >= 0.3 is 0 Å². The molecule has 15 heteroatoms. The molecule has 0 amide bonds. The van der Waals surface area contributed by atoms with E-state index in [4.69, 9.17) is 11.6 Å². The number of hydrogen-bond acceptors (Lipinski definition) is 2. The summed E-state index contributed by atoms with van der Waals surface area (Å²) >= 11 is 7.61. The van der Waals surface area contributed by atoms with Crippen molar-refractivity contribution in [1.29, 1.82) is 0 Å². The van der Waals surface area contributed by atoms with Gasteiger partial charge in [-0.3, -0.25) is 4.79 Å². The third kappa shape index (κ3) is 11.1. The van der Waals surface area contributed by atoms with Gasteiger partial charge in [-0.1, -0.05) is 84.0 Å². The highest BCUT2D eigenvalue weighted by Gasteiger charge is 2.36. The zero-order valence-corrected chi connectivity index (χ0v) is 42.0. The van der Waals surface area contributed by atoms with E-state index >= 15 is 0 Å². The van der Waals surface area contributed by atoms with Crippen LogP contribution in [0, 0.1) is 85.9 Å². The van der Waals surface area contributed by atoms with E-state index in [0.717, 1.165) is 101 Å². The molecule has 0 heterocycles. The van der Waals surface area contributed by atoms with E-state index in [1.54, 1.807) is 60.3 Å². The van der Waals surface area contributed by atoms with Crippen LogP contribution in [0.25, 0.3) is 0 Å². The molecule has 0 aliphatic rings. The minimum Gasteiger partial charge on any atom is -0.289 e. The quantitative estimate of drug-likeness (QED) is 0.0556. The lowest BCUT2D eigenvalue weighted by Crippen LogP contribution is -2.75. The predicted molar refractivity (Wildman–Crippen MR) is 276 cm³/mol. The van der Waals surface area contributed by atoms with Crippen molar-refractivity contribution in [3.8, 4) is 0 Å². The molecule has 0 bridgehead atoms. The molecule has 74 heavy (non-hydrogen) atoms. The fraction of sp³-hybridized carbons (Fsp3) is 0.0678. The third-order valence-electron chi connectivity index (χ3n) is 12.8. The molecule has 9 rings (SSSR count). The summed E-state index contributed by atoms with van der Waals surface area (Å²) in [5, 5.41) is 0.531. The molecule has 0 N–H and O–H groups in total. The molecule has 0 aliphatic carbocycles. The lowest BCUT2D eigenvalue weighted by molar-refractivity contribution is 0.103. The van der Waals surface area contributed by atoms with Crippen molar-refractivity contribution in [2.24, 2.45) is 0 Å². The Balaban J connectivity index is 0.000000197. The van der Waals surface area contributed by atoms with Gasteiger partial charge in [-0.15, -0.1) is 0 Å².